The number of carbonyl (C=O) groups is 1. The summed E-state index contributed by atoms with van der Waals surface area (Å²) in [6.45, 7) is 3.41. The number of hydrogen-bond donors (Lipinski definition) is 1. The predicted octanol–water partition coefficient (Wildman–Crippen LogP) is 2.62. The van der Waals surface area contributed by atoms with Crippen LogP contribution in [0.4, 0.5) is 0 Å². The summed E-state index contributed by atoms with van der Waals surface area (Å²) in [4.78, 5) is 16.0. The third-order valence-electron chi connectivity index (χ3n) is 2.81. The fourth-order valence-electron chi connectivity index (χ4n) is 1.75. The largest absolute Gasteiger partial charge is 0.478 e. The van der Waals surface area contributed by atoms with Gasteiger partial charge in [0.1, 0.15) is 0 Å². The van der Waals surface area contributed by atoms with E-state index < -0.39 is 11.6 Å². The number of halogens is 1. The van der Waals surface area contributed by atoms with Gasteiger partial charge in [0.15, 0.2) is 0 Å². The topological polar surface area (TPSA) is 58.9 Å². The summed E-state index contributed by atoms with van der Waals surface area (Å²) < 4.78 is 0. The number of oxime groups is 1. The lowest BCUT2D eigenvalue weighted by Gasteiger charge is -2.14. The molecule has 0 spiro atoms. The van der Waals surface area contributed by atoms with Gasteiger partial charge in [-0.3, -0.25) is 0 Å². The molecule has 1 aliphatic heterocycles. The molecule has 2 rings (SSSR count). The number of carboxylic acid groups (broad SMARTS) is 1. The molecule has 0 saturated heterocycles. The highest BCUT2D eigenvalue weighted by Gasteiger charge is 2.42. The van der Waals surface area contributed by atoms with Crippen molar-refractivity contribution >= 4 is 23.3 Å². The van der Waals surface area contributed by atoms with Crippen LogP contribution in [0.5, 0.6) is 0 Å². The van der Waals surface area contributed by atoms with E-state index in [-0.39, 0.29) is 6.42 Å². The standard InChI is InChI=1S/C12H12ClNO3/c1-7-5-8(13)3-4-9(7)10-6-12(2,11(15)16)17-14-10/h3-5H,6H2,1-2H3,(H,15,16). The third kappa shape index (κ3) is 2.13. The van der Waals surface area contributed by atoms with E-state index >= 15 is 0 Å². The Kier molecular flexibility index (Phi) is 2.83. The molecule has 0 aromatic heterocycles. The Bertz CT molecular complexity index is 512. The van der Waals surface area contributed by atoms with Crippen LogP contribution in [0, 0.1) is 6.92 Å². The van der Waals surface area contributed by atoms with Crippen LogP contribution in [0.2, 0.25) is 5.02 Å². The van der Waals surface area contributed by atoms with Crippen molar-refractivity contribution in [1.82, 2.24) is 0 Å². The first-order chi connectivity index (χ1) is 7.92. The Morgan fingerprint density at radius 3 is 2.82 bits per heavy atom. The second kappa shape index (κ2) is 4.04. The van der Waals surface area contributed by atoms with Crippen LogP contribution in [-0.4, -0.2) is 22.4 Å². The highest BCUT2D eigenvalue weighted by molar-refractivity contribution is 6.30. The average Bonchev–Trinajstić information content (AvgIpc) is 2.62. The normalized spacial score (nSPS) is 23.1. The van der Waals surface area contributed by atoms with Crippen molar-refractivity contribution < 1.29 is 14.7 Å². The number of carboxylic acids is 1. The second-order valence-electron chi connectivity index (χ2n) is 4.30. The molecule has 1 aromatic rings. The predicted molar refractivity (Wildman–Crippen MR) is 64.5 cm³/mol. The zero-order valence-electron chi connectivity index (χ0n) is 9.53. The van der Waals surface area contributed by atoms with E-state index in [0.717, 1.165) is 11.1 Å². The number of benzene rings is 1. The summed E-state index contributed by atoms with van der Waals surface area (Å²) in [6, 6.07) is 5.39. The Hall–Kier alpha value is -1.55. The molecular formula is C12H12ClNO3. The molecule has 0 fully saturated rings. The van der Waals surface area contributed by atoms with Crippen molar-refractivity contribution in [2.75, 3.05) is 0 Å². The van der Waals surface area contributed by atoms with Crippen LogP contribution in [-0.2, 0) is 9.63 Å². The molecule has 0 radical (unpaired) electrons. The molecular weight excluding hydrogens is 242 g/mol. The molecule has 1 heterocycles. The molecule has 1 aliphatic rings. The highest BCUT2D eigenvalue weighted by Crippen LogP contribution is 2.28. The molecule has 5 heteroatoms. The first kappa shape index (κ1) is 11.9. The van der Waals surface area contributed by atoms with Gasteiger partial charge in [0.05, 0.1) is 5.71 Å². The van der Waals surface area contributed by atoms with E-state index in [1.165, 1.54) is 6.92 Å². The summed E-state index contributed by atoms with van der Waals surface area (Å²) in [5.74, 6) is -1.01. The van der Waals surface area contributed by atoms with Gasteiger partial charge in [0.25, 0.3) is 0 Å². The molecule has 1 atom stereocenters. The summed E-state index contributed by atoms with van der Waals surface area (Å²) in [6.07, 6.45) is 0.255. The fourth-order valence-corrected chi connectivity index (χ4v) is 1.98. The Balaban J connectivity index is 2.29. The minimum absolute atomic E-state index is 0.255. The van der Waals surface area contributed by atoms with Gasteiger partial charge in [-0.25, -0.2) is 4.79 Å². The first-order valence-corrected chi connectivity index (χ1v) is 5.55. The molecule has 90 valence electrons. The summed E-state index contributed by atoms with van der Waals surface area (Å²) >= 11 is 5.86. The van der Waals surface area contributed by atoms with E-state index in [9.17, 15) is 4.79 Å². The quantitative estimate of drug-likeness (QED) is 0.881. The van der Waals surface area contributed by atoms with Crippen LogP contribution in [0.3, 0.4) is 0 Å². The van der Waals surface area contributed by atoms with E-state index in [1.807, 2.05) is 19.1 Å². The SMILES string of the molecule is Cc1cc(Cl)ccc1C1=NOC(C)(C(=O)O)C1. The monoisotopic (exact) mass is 253 g/mol. The van der Waals surface area contributed by atoms with Crippen molar-refractivity contribution in [2.24, 2.45) is 5.16 Å². The van der Waals surface area contributed by atoms with Crippen molar-refractivity contribution in [2.45, 2.75) is 25.9 Å². The molecule has 1 aromatic carbocycles. The maximum Gasteiger partial charge on any atom is 0.351 e. The fraction of sp³-hybridized carbons (Fsp3) is 0.333. The third-order valence-corrected chi connectivity index (χ3v) is 3.05. The van der Waals surface area contributed by atoms with E-state index in [1.54, 1.807) is 6.07 Å². The Labute approximate surface area is 104 Å². The van der Waals surface area contributed by atoms with Crippen molar-refractivity contribution in [1.29, 1.82) is 0 Å². The lowest BCUT2D eigenvalue weighted by Crippen LogP contribution is -2.35. The molecule has 1 unspecified atom stereocenters. The average molecular weight is 254 g/mol. The summed E-state index contributed by atoms with van der Waals surface area (Å²) in [5.41, 5.74) is 1.21. The van der Waals surface area contributed by atoms with Crippen LogP contribution in [0.15, 0.2) is 23.4 Å². The minimum atomic E-state index is -1.26. The molecule has 1 N–H and O–H groups in total. The molecule has 0 aliphatic carbocycles. The lowest BCUT2D eigenvalue weighted by atomic mass is 9.94. The van der Waals surface area contributed by atoms with Crippen LogP contribution < -0.4 is 0 Å². The van der Waals surface area contributed by atoms with E-state index in [0.29, 0.717) is 10.7 Å². The highest BCUT2D eigenvalue weighted by atomic mass is 35.5. The van der Waals surface area contributed by atoms with Gasteiger partial charge in [0, 0.05) is 17.0 Å². The van der Waals surface area contributed by atoms with Gasteiger partial charge < -0.3 is 9.94 Å². The van der Waals surface area contributed by atoms with Gasteiger partial charge in [-0.05, 0) is 31.5 Å². The Morgan fingerprint density at radius 1 is 1.59 bits per heavy atom. The van der Waals surface area contributed by atoms with Crippen LogP contribution in [0.25, 0.3) is 0 Å². The van der Waals surface area contributed by atoms with Gasteiger partial charge in [-0.2, -0.15) is 0 Å². The first-order valence-electron chi connectivity index (χ1n) is 5.17. The molecule has 0 amide bonds. The van der Waals surface area contributed by atoms with Crippen molar-refractivity contribution in [3.8, 4) is 0 Å². The van der Waals surface area contributed by atoms with E-state index in [4.69, 9.17) is 21.5 Å². The van der Waals surface area contributed by atoms with Gasteiger partial charge >= 0.3 is 5.97 Å². The van der Waals surface area contributed by atoms with Gasteiger partial charge in [0.2, 0.25) is 5.60 Å². The van der Waals surface area contributed by atoms with E-state index in [2.05, 4.69) is 5.16 Å². The number of aliphatic carboxylic acids is 1. The second-order valence-corrected chi connectivity index (χ2v) is 4.74. The maximum absolute atomic E-state index is 11.0. The molecule has 17 heavy (non-hydrogen) atoms. The zero-order valence-corrected chi connectivity index (χ0v) is 10.3. The van der Waals surface area contributed by atoms with Gasteiger partial charge in [-0.15, -0.1) is 0 Å². The lowest BCUT2D eigenvalue weighted by molar-refractivity contribution is -0.160. The summed E-state index contributed by atoms with van der Waals surface area (Å²) in [7, 11) is 0. The molecule has 0 saturated carbocycles. The van der Waals surface area contributed by atoms with Crippen LogP contribution in [0.1, 0.15) is 24.5 Å². The molecule has 4 nitrogen and oxygen atoms in total. The van der Waals surface area contributed by atoms with Crippen LogP contribution >= 0.6 is 11.6 Å². The zero-order chi connectivity index (χ0) is 12.6. The van der Waals surface area contributed by atoms with Crippen molar-refractivity contribution in [3.63, 3.8) is 0 Å². The smallest absolute Gasteiger partial charge is 0.351 e. The number of hydrogen-bond acceptors (Lipinski definition) is 3. The minimum Gasteiger partial charge on any atom is -0.478 e. The summed E-state index contributed by atoms with van der Waals surface area (Å²) in [5, 5.41) is 13.5. The number of aryl methyl sites for hydroxylation is 1. The van der Waals surface area contributed by atoms with Crippen molar-refractivity contribution in [3.05, 3.63) is 34.3 Å². The number of rotatable bonds is 2. The number of nitrogens with zero attached hydrogens (tertiary/aromatic N) is 1. The van der Waals surface area contributed by atoms with Gasteiger partial charge in [-0.1, -0.05) is 22.8 Å². The molecule has 0 bridgehead atoms. The Morgan fingerprint density at radius 2 is 2.29 bits per heavy atom. The maximum atomic E-state index is 11.0.